The third-order valence-electron chi connectivity index (χ3n) is 5.42. The van der Waals surface area contributed by atoms with E-state index in [1.54, 1.807) is 0 Å². The van der Waals surface area contributed by atoms with Crippen LogP contribution in [0.25, 0.3) is 0 Å². The molecule has 2 aliphatic heterocycles. The first-order chi connectivity index (χ1) is 14.5. The quantitative estimate of drug-likeness (QED) is 0.319. The van der Waals surface area contributed by atoms with Gasteiger partial charge in [0.15, 0.2) is 0 Å². The minimum atomic E-state index is -4.62. The van der Waals surface area contributed by atoms with E-state index in [2.05, 4.69) is 6.92 Å². The predicted molar refractivity (Wildman–Crippen MR) is 109 cm³/mol. The molecule has 0 aromatic heterocycles. The Kier molecular flexibility index (Phi) is 8.66. The minimum absolute atomic E-state index is 0.137. The van der Waals surface area contributed by atoms with Gasteiger partial charge in [0.2, 0.25) is 5.91 Å². The fourth-order valence-corrected chi connectivity index (χ4v) is 4.35. The molecule has 2 heterocycles. The lowest BCUT2D eigenvalue weighted by Crippen LogP contribution is -2.47. The molecule has 178 valence electrons. The first-order valence-corrected chi connectivity index (χ1v) is 12.0. The Balaban J connectivity index is 1.83. The normalized spacial score (nSPS) is 21.5. The Morgan fingerprint density at radius 3 is 2.48 bits per heavy atom. The molecule has 2 fully saturated rings. The highest BCUT2D eigenvalue weighted by Gasteiger charge is 2.49. The van der Waals surface area contributed by atoms with Crippen molar-refractivity contribution in [2.45, 2.75) is 77.8 Å². The molecule has 31 heavy (non-hydrogen) atoms. The van der Waals surface area contributed by atoms with Crippen molar-refractivity contribution in [3.05, 3.63) is 0 Å². The maximum atomic E-state index is 12.4. The van der Waals surface area contributed by atoms with Crippen molar-refractivity contribution in [2.24, 2.45) is 11.1 Å². The van der Waals surface area contributed by atoms with E-state index in [4.69, 9.17) is 18.9 Å². The van der Waals surface area contributed by atoms with Crippen LogP contribution in [-0.2, 0) is 33.2 Å². The van der Waals surface area contributed by atoms with Crippen molar-refractivity contribution in [3.8, 4) is 0 Å². The van der Waals surface area contributed by atoms with Gasteiger partial charge in [-0.2, -0.15) is 13.5 Å². The standard InChI is InChI=1S/C19H33N3O8S/c1-4-5-6-7-8-11-28-17(24)19(2,3)13-29-31(26,27)30-22-14-9-10-15(16(20)23)21(12-14)18(22)25/h14-15H,4-13H2,1-3H3,(H2,20,23)/t14-,15?/m1/s1. The summed E-state index contributed by atoms with van der Waals surface area (Å²) >= 11 is 0. The van der Waals surface area contributed by atoms with E-state index < -0.39 is 52.4 Å². The molecule has 0 radical (unpaired) electrons. The molecule has 2 aliphatic rings. The lowest BCUT2D eigenvalue weighted by Gasteiger charge is -2.27. The summed E-state index contributed by atoms with van der Waals surface area (Å²) in [4.78, 5) is 37.4. The number of fused-ring (bicyclic) bond motifs is 2. The van der Waals surface area contributed by atoms with Crippen LogP contribution >= 0.6 is 0 Å². The number of carbonyl (C=O) groups excluding carboxylic acids is 3. The second-order valence-electron chi connectivity index (χ2n) is 8.59. The number of hydroxylamine groups is 2. The van der Waals surface area contributed by atoms with Crippen LogP contribution in [0, 0.1) is 5.41 Å². The molecule has 2 atom stereocenters. The number of carbonyl (C=O) groups is 3. The van der Waals surface area contributed by atoms with Crippen LogP contribution in [0.1, 0.15) is 65.7 Å². The predicted octanol–water partition coefficient (Wildman–Crippen LogP) is 1.47. The molecule has 0 aromatic rings. The highest BCUT2D eigenvalue weighted by atomic mass is 32.3. The molecular weight excluding hydrogens is 430 g/mol. The highest BCUT2D eigenvalue weighted by Crippen LogP contribution is 2.31. The molecule has 2 bridgehead atoms. The van der Waals surface area contributed by atoms with Crippen molar-refractivity contribution >= 4 is 28.3 Å². The fraction of sp³-hybridized carbons (Fsp3) is 0.842. The van der Waals surface area contributed by atoms with Crippen molar-refractivity contribution in [1.82, 2.24) is 9.96 Å². The molecule has 12 heteroatoms. The molecule has 2 N–H and O–H groups in total. The summed E-state index contributed by atoms with van der Waals surface area (Å²) in [6, 6.07) is -2.09. The summed E-state index contributed by atoms with van der Waals surface area (Å²) in [5.41, 5.74) is 4.07. The first-order valence-electron chi connectivity index (χ1n) is 10.6. The SMILES string of the molecule is CCCCCCCOC(=O)C(C)(C)COS(=O)(=O)ON1C(=O)N2C[C@H]1CCC2C(N)=O. The number of unbranched alkanes of at least 4 members (excludes halogenated alkanes) is 4. The number of hydrogen-bond donors (Lipinski definition) is 1. The number of piperidine rings is 1. The van der Waals surface area contributed by atoms with E-state index in [1.807, 2.05) is 0 Å². The molecule has 2 rings (SSSR count). The van der Waals surface area contributed by atoms with Gasteiger partial charge in [-0.25, -0.2) is 8.98 Å². The van der Waals surface area contributed by atoms with Gasteiger partial charge in [-0.1, -0.05) is 32.6 Å². The Morgan fingerprint density at radius 2 is 1.84 bits per heavy atom. The second kappa shape index (κ2) is 10.6. The van der Waals surface area contributed by atoms with E-state index >= 15 is 0 Å². The molecule has 11 nitrogen and oxygen atoms in total. The van der Waals surface area contributed by atoms with Gasteiger partial charge in [0.1, 0.15) is 6.04 Å². The van der Waals surface area contributed by atoms with Gasteiger partial charge in [0.25, 0.3) is 0 Å². The average Bonchev–Trinajstić information content (AvgIpc) is 2.93. The average molecular weight is 464 g/mol. The highest BCUT2D eigenvalue weighted by molar-refractivity contribution is 7.81. The van der Waals surface area contributed by atoms with Crippen molar-refractivity contribution in [2.75, 3.05) is 19.8 Å². The van der Waals surface area contributed by atoms with Crippen LogP contribution in [0.4, 0.5) is 4.79 Å². The van der Waals surface area contributed by atoms with Crippen LogP contribution < -0.4 is 5.73 Å². The molecule has 1 unspecified atom stereocenters. The summed E-state index contributed by atoms with van der Waals surface area (Å²) in [6.45, 7) is 5.00. The number of ether oxygens (including phenoxy) is 1. The summed E-state index contributed by atoms with van der Waals surface area (Å²) in [5, 5.41) is 0.694. The van der Waals surface area contributed by atoms with Crippen LogP contribution in [0.5, 0.6) is 0 Å². The fourth-order valence-electron chi connectivity index (χ4n) is 3.49. The van der Waals surface area contributed by atoms with Crippen LogP contribution in [0.2, 0.25) is 0 Å². The van der Waals surface area contributed by atoms with Gasteiger partial charge in [-0.3, -0.25) is 9.59 Å². The van der Waals surface area contributed by atoms with E-state index in [1.165, 1.54) is 18.7 Å². The number of primary amides is 1. The Morgan fingerprint density at radius 1 is 1.16 bits per heavy atom. The Labute approximate surface area is 183 Å². The molecule has 3 amide bonds. The topological polar surface area (TPSA) is 146 Å². The molecule has 0 aliphatic carbocycles. The smallest absolute Gasteiger partial charge is 0.421 e. The molecular formula is C19H33N3O8S. The third kappa shape index (κ3) is 6.78. The Bertz CT molecular complexity index is 770. The van der Waals surface area contributed by atoms with Gasteiger partial charge in [-0.05, 0) is 33.1 Å². The molecule has 0 aromatic carbocycles. The molecule has 0 spiro atoms. The third-order valence-corrected chi connectivity index (χ3v) is 6.17. The molecule has 0 saturated carbocycles. The van der Waals surface area contributed by atoms with Crippen LogP contribution in [0.3, 0.4) is 0 Å². The number of nitrogens with two attached hydrogens (primary N) is 1. The number of urea groups is 1. The number of hydrogen-bond acceptors (Lipinski definition) is 8. The maximum absolute atomic E-state index is 12.4. The number of esters is 1. The van der Waals surface area contributed by atoms with E-state index in [0.717, 1.165) is 32.1 Å². The van der Waals surface area contributed by atoms with Crippen LogP contribution in [-0.4, -0.2) is 68.1 Å². The van der Waals surface area contributed by atoms with Gasteiger partial charge in [-0.15, -0.1) is 4.28 Å². The zero-order valence-electron chi connectivity index (χ0n) is 18.4. The zero-order valence-corrected chi connectivity index (χ0v) is 19.2. The van der Waals surface area contributed by atoms with Crippen molar-refractivity contribution in [1.29, 1.82) is 0 Å². The van der Waals surface area contributed by atoms with E-state index in [9.17, 15) is 22.8 Å². The Hall–Kier alpha value is -1.92. The number of nitrogens with zero attached hydrogens (tertiary/aromatic N) is 2. The van der Waals surface area contributed by atoms with Gasteiger partial charge in [0.05, 0.1) is 24.7 Å². The monoisotopic (exact) mass is 463 g/mol. The van der Waals surface area contributed by atoms with Crippen LogP contribution in [0.15, 0.2) is 0 Å². The largest absolute Gasteiger partial charge is 0.465 e. The summed E-state index contributed by atoms with van der Waals surface area (Å²) in [5.74, 6) is -1.24. The van der Waals surface area contributed by atoms with Crippen molar-refractivity contribution < 1.29 is 36.0 Å². The van der Waals surface area contributed by atoms with E-state index in [-0.39, 0.29) is 13.2 Å². The number of amides is 3. The summed E-state index contributed by atoms with van der Waals surface area (Å²) in [7, 11) is -4.62. The minimum Gasteiger partial charge on any atom is -0.465 e. The van der Waals surface area contributed by atoms with Gasteiger partial charge in [0, 0.05) is 6.54 Å². The second-order valence-corrected chi connectivity index (χ2v) is 9.79. The summed E-state index contributed by atoms with van der Waals surface area (Å²) < 4.78 is 39.5. The van der Waals surface area contributed by atoms with E-state index in [0.29, 0.717) is 17.9 Å². The number of rotatable bonds is 13. The lowest BCUT2D eigenvalue weighted by molar-refractivity contribution is -0.156. The lowest BCUT2D eigenvalue weighted by atomic mass is 9.95. The summed E-state index contributed by atoms with van der Waals surface area (Å²) in [6.07, 6.45) is 5.71. The van der Waals surface area contributed by atoms with Gasteiger partial charge >= 0.3 is 22.4 Å². The van der Waals surface area contributed by atoms with Crippen molar-refractivity contribution in [3.63, 3.8) is 0 Å². The maximum Gasteiger partial charge on any atom is 0.421 e. The zero-order chi connectivity index (χ0) is 23.2. The van der Waals surface area contributed by atoms with Gasteiger partial charge < -0.3 is 15.4 Å². The molecule has 2 saturated heterocycles. The first kappa shape index (κ1) is 25.3.